The van der Waals surface area contributed by atoms with Crippen LogP contribution in [0.4, 0.5) is 0 Å². The molecule has 3 aromatic rings. The normalized spacial score (nSPS) is 16.7. The molecule has 0 spiro atoms. The molecule has 1 fully saturated rings. The molecule has 0 radical (unpaired) electrons. The lowest BCUT2D eigenvalue weighted by Crippen LogP contribution is -2.44. The molecule has 2 aliphatic rings. The minimum absolute atomic E-state index is 0.0595. The van der Waals surface area contributed by atoms with E-state index in [1.54, 1.807) is 18.2 Å². The minimum Gasteiger partial charge on any atom is -0.492 e. The lowest BCUT2D eigenvalue weighted by molar-refractivity contribution is 0.322. The molecule has 1 aliphatic carbocycles. The Morgan fingerprint density at radius 2 is 1.77 bits per heavy atom. The summed E-state index contributed by atoms with van der Waals surface area (Å²) in [5.41, 5.74) is 4.67. The number of halogens is 2. The first kappa shape index (κ1) is 24.3. The van der Waals surface area contributed by atoms with Gasteiger partial charge in [0.2, 0.25) is 10.0 Å². The number of aliphatic imine (C=N–C) groups is 1. The lowest BCUT2D eigenvalue weighted by Gasteiger charge is -2.45. The van der Waals surface area contributed by atoms with Crippen molar-refractivity contribution in [2.45, 2.75) is 36.0 Å². The van der Waals surface area contributed by atoms with Gasteiger partial charge in [-0.05, 0) is 66.8 Å². The van der Waals surface area contributed by atoms with Crippen LogP contribution in [0.5, 0.6) is 5.75 Å². The third kappa shape index (κ3) is 4.85. The van der Waals surface area contributed by atoms with Crippen molar-refractivity contribution in [3.8, 4) is 5.75 Å². The van der Waals surface area contributed by atoms with Crippen molar-refractivity contribution in [1.82, 2.24) is 4.72 Å². The van der Waals surface area contributed by atoms with Crippen LogP contribution in [0, 0.1) is 0 Å². The van der Waals surface area contributed by atoms with E-state index in [4.69, 9.17) is 32.9 Å². The number of nitrogens with zero attached hydrogens (tertiary/aromatic N) is 1. The molecule has 3 aromatic carbocycles. The molecule has 0 unspecified atom stereocenters. The van der Waals surface area contributed by atoms with E-state index in [-0.39, 0.29) is 28.5 Å². The average molecular weight is 529 g/mol. The Morgan fingerprint density at radius 3 is 2.49 bits per heavy atom. The fourth-order valence-electron chi connectivity index (χ4n) is 4.91. The summed E-state index contributed by atoms with van der Waals surface area (Å²) < 4.78 is 33.5. The number of nitrogens with one attached hydrogen (secondary N) is 1. The zero-order valence-electron chi connectivity index (χ0n) is 19.1. The second-order valence-electron chi connectivity index (χ2n) is 8.92. The van der Waals surface area contributed by atoms with Gasteiger partial charge in [-0.15, -0.1) is 0 Å². The SMILES string of the molecule is O=S(=O)(NCCOc1ccc2c(c1)C(C1(c3ccc(Cl)cc3)CCC1)=NCC2)c1ccccc1Cl. The monoisotopic (exact) mass is 528 g/mol. The van der Waals surface area contributed by atoms with Crippen LogP contribution in [-0.2, 0) is 21.9 Å². The summed E-state index contributed by atoms with van der Waals surface area (Å²) in [6, 6.07) is 20.6. The van der Waals surface area contributed by atoms with E-state index in [2.05, 4.69) is 22.9 Å². The Morgan fingerprint density at radius 1 is 1.00 bits per heavy atom. The molecule has 0 aromatic heterocycles. The molecule has 1 aliphatic heterocycles. The van der Waals surface area contributed by atoms with E-state index in [9.17, 15) is 8.42 Å². The van der Waals surface area contributed by atoms with Crippen molar-refractivity contribution in [3.05, 3.63) is 93.5 Å². The number of hydrogen-bond donors (Lipinski definition) is 1. The van der Waals surface area contributed by atoms with Gasteiger partial charge in [0.05, 0.1) is 10.7 Å². The lowest BCUT2D eigenvalue weighted by atomic mass is 9.59. The summed E-state index contributed by atoms with van der Waals surface area (Å²) in [4.78, 5) is 5.06. The molecular formula is C27H26Cl2N2O3S. The summed E-state index contributed by atoms with van der Waals surface area (Å²) in [6.07, 6.45) is 4.18. The Kier molecular flexibility index (Phi) is 6.91. The number of hydrogen-bond acceptors (Lipinski definition) is 4. The maximum atomic E-state index is 12.5. The Balaban J connectivity index is 1.31. The third-order valence-corrected chi connectivity index (χ3v) is 9.05. The number of benzene rings is 3. The molecule has 1 N–H and O–H groups in total. The molecule has 35 heavy (non-hydrogen) atoms. The highest BCUT2D eigenvalue weighted by Crippen LogP contribution is 2.48. The van der Waals surface area contributed by atoms with Crippen LogP contribution in [-0.4, -0.2) is 33.8 Å². The predicted octanol–water partition coefficient (Wildman–Crippen LogP) is 5.82. The second kappa shape index (κ2) is 9.94. The molecular weight excluding hydrogens is 503 g/mol. The molecule has 5 rings (SSSR count). The van der Waals surface area contributed by atoms with E-state index < -0.39 is 10.0 Å². The van der Waals surface area contributed by atoms with Gasteiger partial charge < -0.3 is 4.74 Å². The highest BCUT2D eigenvalue weighted by molar-refractivity contribution is 7.89. The molecule has 0 amide bonds. The van der Waals surface area contributed by atoms with Gasteiger partial charge in [-0.2, -0.15) is 0 Å². The molecule has 0 bridgehead atoms. The summed E-state index contributed by atoms with van der Waals surface area (Å²) >= 11 is 12.2. The van der Waals surface area contributed by atoms with Crippen molar-refractivity contribution in [2.75, 3.05) is 19.7 Å². The third-order valence-electron chi connectivity index (χ3n) is 6.83. The first-order valence-corrected chi connectivity index (χ1v) is 13.9. The Labute approximate surface area is 216 Å². The van der Waals surface area contributed by atoms with Crippen molar-refractivity contribution in [3.63, 3.8) is 0 Å². The van der Waals surface area contributed by atoms with Crippen LogP contribution in [0.2, 0.25) is 10.0 Å². The summed E-state index contributed by atoms with van der Waals surface area (Å²) in [5.74, 6) is 0.695. The fourth-order valence-corrected chi connectivity index (χ4v) is 6.57. The average Bonchev–Trinajstić information content (AvgIpc) is 2.83. The topological polar surface area (TPSA) is 67.8 Å². The molecule has 1 saturated carbocycles. The molecule has 0 saturated heterocycles. The maximum absolute atomic E-state index is 12.5. The van der Waals surface area contributed by atoms with Gasteiger partial charge in [-0.25, -0.2) is 13.1 Å². The van der Waals surface area contributed by atoms with Gasteiger partial charge in [0.1, 0.15) is 17.3 Å². The molecule has 0 atom stereocenters. The summed E-state index contributed by atoms with van der Waals surface area (Å²) in [7, 11) is -3.71. The van der Waals surface area contributed by atoms with Gasteiger partial charge in [0.15, 0.2) is 0 Å². The Hall–Kier alpha value is -2.38. The van der Waals surface area contributed by atoms with Crippen LogP contribution in [0.25, 0.3) is 0 Å². The van der Waals surface area contributed by atoms with Crippen molar-refractivity contribution in [2.24, 2.45) is 4.99 Å². The molecule has 5 nitrogen and oxygen atoms in total. The first-order chi connectivity index (χ1) is 16.9. The van der Waals surface area contributed by atoms with E-state index in [1.807, 2.05) is 24.3 Å². The maximum Gasteiger partial charge on any atom is 0.242 e. The fraction of sp³-hybridized carbons (Fsp3) is 0.296. The Bertz CT molecular complexity index is 1370. The van der Waals surface area contributed by atoms with Crippen LogP contribution < -0.4 is 9.46 Å². The van der Waals surface area contributed by atoms with Gasteiger partial charge >= 0.3 is 0 Å². The number of rotatable bonds is 8. The zero-order valence-corrected chi connectivity index (χ0v) is 21.5. The van der Waals surface area contributed by atoms with E-state index >= 15 is 0 Å². The van der Waals surface area contributed by atoms with Crippen LogP contribution >= 0.6 is 23.2 Å². The minimum atomic E-state index is -3.71. The first-order valence-electron chi connectivity index (χ1n) is 11.7. The van der Waals surface area contributed by atoms with Crippen LogP contribution in [0.3, 0.4) is 0 Å². The smallest absolute Gasteiger partial charge is 0.242 e. The van der Waals surface area contributed by atoms with Gasteiger partial charge in [-0.3, -0.25) is 4.99 Å². The highest BCUT2D eigenvalue weighted by Gasteiger charge is 2.45. The molecule has 182 valence electrons. The number of fused-ring (bicyclic) bond motifs is 1. The molecule has 1 heterocycles. The second-order valence-corrected chi connectivity index (χ2v) is 11.5. The van der Waals surface area contributed by atoms with Crippen molar-refractivity contribution in [1.29, 1.82) is 0 Å². The summed E-state index contributed by atoms with van der Waals surface area (Å²) in [5, 5.41) is 0.920. The van der Waals surface area contributed by atoms with E-state index in [1.165, 1.54) is 23.6 Å². The van der Waals surface area contributed by atoms with Crippen LogP contribution in [0.1, 0.15) is 36.0 Å². The molecule has 8 heteroatoms. The zero-order chi connectivity index (χ0) is 24.5. The van der Waals surface area contributed by atoms with Crippen molar-refractivity contribution >= 4 is 38.9 Å². The number of sulfonamides is 1. The van der Waals surface area contributed by atoms with Gasteiger partial charge in [-0.1, -0.05) is 60.0 Å². The van der Waals surface area contributed by atoms with Crippen molar-refractivity contribution < 1.29 is 13.2 Å². The highest BCUT2D eigenvalue weighted by atomic mass is 35.5. The van der Waals surface area contributed by atoms with Gasteiger partial charge in [0, 0.05) is 29.1 Å². The number of ether oxygens (including phenoxy) is 1. The van der Waals surface area contributed by atoms with Gasteiger partial charge in [0.25, 0.3) is 0 Å². The quantitative estimate of drug-likeness (QED) is 0.374. The van der Waals surface area contributed by atoms with E-state index in [0.29, 0.717) is 5.75 Å². The largest absolute Gasteiger partial charge is 0.492 e. The summed E-state index contributed by atoms with van der Waals surface area (Å²) in [6.45, 7) is 1.10. The predicted molar refractivity (Wildman–Crippen MR) is 141 cm³/mol. The van der Waals surface area contributed by atoms with Crippen LogP contribution in [0.15, 0.2) is 76.6 Å². The van der Waals surface area contributed by atoms with E-state index in [0.717, 1.165) is 42.1 Å². The standard InChI is InChI=1S/C27H26Cl2N2O3S/c28-21-9-7-20(8-10-21)27(13-3-14-27)26-23-18-22(11-6-19(23)12-15-30-26)34-17-16-31-35(32,33)25-5-2-1-4-24(25)29/h1-2,4-11,18,31H,3,12-17H2.